The number of rotatable bonds is 12. The number of anilines is 2. The van der Waals surface area contributed by atoms with Gasteiger partial charge in [-0.25, -0.2) is 10.6 Å². The molecule has 0 bridgehead atoms. The Morgan fingerprint density at radius 3 is 2.00 bits per heavy atom. The molecule has 0 aliphatic carbocycles. The van der Waals surface area contributed by atoms with E-state index in [0.29, 0.717) is 16.9 Å². The first-order valence-electron chi connectivity index (χ1n) is 12.6. The van der Waals surface area contributed by atoms with E-state index in [1.54, 1.807) is 36.4 Å². The zero-order valence-electron chi connectivity index (χ0n) is 21.5. The van der Waals surface area contributed by atoms with Gasteiger partial charge in [0.2, 0.25) is 0 Å². The Labute approximate surface area is 228 Å². The summed E-state index contributed by atoms with van der Waals surface area (Å²) in [5.74, 6) is 7.95. The number of ether oxygens (including phenoxy) is 1. The van der Waals surface area contributed by atoms with Crippen LogP contribution in [0.1, 0.15) is 41.3 Å². The van der Waals surface area contributed by atoms with Gasteiger partial charge in [0.15, 0.2) is 0 Å². The van der Waals surface area contributed by atoms with Crippen molar-refractivity contribution >= 4 is 29.1 Å². The van der Waals surface area contributed by atoms with Crippen molar-refractivity contribution in [3.63, 3.8) is 0 Å². The summed E-state index contributed by atoms with van der Waals surface area (Å²) < 4.78 is 5.75. The third-order valence-corrected chi connectivity index (χ3v) is 7.07. The maximum atomic E-state index is 12.5. The Kier molecular flexibility index (Phi) is 9.67. The fraction of sp³-hybridized carbons (Fsp3) is 0.194. The van der Waals surface area contributed by atoms with Gasteiger partial charge in [-0.05, 0) is 65.1 Å². The molecule has 6 nitrogen and oxygen atoms in total. The summed E-state index contributed by atoms with van der Waals surface area (Å²) in [4.78, 5) is 17.7. The second-order valence-electron chi connectivity index (χ2n) is 8.88. The van der Waals surface area contributed by atoms with Crippen molar-refractivity contribution in [2.75, 3.05) is 17.5 Å². The van der Waals surface area contributed by atoms with Crippen molar-refractivity contribution in [1.82, 2.24) is 0 Å². The highest BCUT2D eigenvalue weighted by molar-refractivity contribution is 7.97. The van der Waals surface area contributed by atoms with Gasteiger partial charge < -0.3 is 15.3 Å². The number of carbonyl (C=O) groups is 1. The minimum Gasteiger partial charge on any atom is -0.494 e. The average molecular weight is 528 g/mol. The van der Waals surface area contributed by atoms with Crippen molar-refractivity contribution in [2.24, 2.45) is 5.84 Å². The normalized spacial score (nSPS) is 10.7. The molecule has 0 radical (unpaired) electrons. The van der Waals surface area contributed by atoms with Gasteiger partial charge in [-0.3, -0.25) is 0 Å². The lowest BCUT2D eigenvalue weighted by Crippen LogP contribution is -2.34. The Balaban J connectivity index is 1.24. The monoisotopic (exact) mass is 527 g/mol. The first-order valence-corrected chi connectivity index (χ1v) is 13.8. The number of unbranched alkanes of at least 4 members (excludes halogenated alkanes) is 1. The van der Waals surface area contributed by atoms with Crippen LogP contribution in [0.3, 0.4) is 0 Å². The molecule has 4 aromatic rings. The highest BCUT2D eigenvalue weighted by atomic mass is 32.2. The van der Waals surface area contributed by atoms with Crippen LogP contribution in [0, 0.1) is 0 Å². The predicted molar refractivity (Wildman–Crippen MR) is 157 cm³/mol. The highest BCUT2D eigenvalue weighted by Gasteiger charge is 2.14. The van der Waals surface area contributed by atoms with Crippen LogP contribution >= 0.6 is 11.8 Å². The summed E-state index contributed by atoms with van der Waals surface area (Å²) in [5, 5.41) is 0.894. The average Bonchev–Trinajstić information content (AvgIpc) is 2.94. The first-order chi connectivity index (χ1) is 18.5. The lowest BCUT2D eigenvalue weighted by molar-refractivity contribution is 0.0451. The van der Waals surface area contributed by atoms with Crippen molar-refractivity contribution in [3.8, 4) is 16.9 Å². The molecule has 4 N–H and O–H groups in total. The highest BCUT2D eigenvalue weighted by Crippen LogP contribution is 2.25. The molecule has 0 saturated heterocycles. The molecule has 0 aromatic heterocycles. The van der Waals surface area contributed by atoms with Gasteiger partial charge in [0, 0.05) is 11.5 Å². The quantitative estimate of drug-likeness (QED) is 0.0887. The van der Waals surface area contributed by atoms with E-state index < -0.39 is 5.97 Å². The van der Waals surface area contributed by atoms with Crippen LogP contribution in [0.5, 0.6) is 5.75 Å². The number of hydrazine groups is 1. The smallest absolute Gasteiger partial charge is 0.365 e. The summed E-state index contributed by atoms with van der Waals surface area (Å²) >= 11 is 1.82. The van der Waals surface area contributed by atoms with Gasteiger partial charge in [0.25, 0.3) is 0 Å². The molecule has 38 heavy (non-hydrogen) atoms. The van der Waals surface area contributed by atoms with Crippen LogP contribution in [-0.4, -0.2) is 12.6 Å². The van der Waals surface area contributed by atoms with Crippen molar-refractivity contribution < 1.29 is 14.4 Å². The molecule has 0 spiro atoms. The largest absolute Gasteiger partial charge is 0.494 e. The van der Waals surface area contributed by atoms with E-state index in [0.717, 1.165) is 47.4 Å². The SMILES string of the molecule is CCCCOc1ccc(-c2ccc(CSCc3ccc(C(=O)ON(N)c4ccccc4N)cc3)cc2)cc1. The van der Waals surface area contributed by atoms with Gasteiger partial charge in [-0.1, -0.05) is 74.0 Å². The van der Waals surface area contributed by atoms with E-state index in [-0.39, 0.29) is 0 Å². The number of thioether (sulfide) groups is 1. The summed E-state index contributed by atoms with van der Waals surface area (Å²) in [6.45, 7) is 2.92. The van der Waals surface area contributed by atoms with Crippen LogP contribution < -0.4 is 21.5 Å². The van der Waals surface area contributed by atoms with E-state index in [1.165, 1.54) is 16.7 Å². The lowest BCUT2D eigenvalue weighted by atomic mass is 10.0. The van der Waals surface area contributed by atoms with Gasteiger partial charge in [0.05, 0.1) is 17.9 Å². The molecular formula is C31H33N3O3S. The predicted octanol–water partition coefficient (Wildman–Crippen LogP) is 7.00. The summed E-state index contributed by atoms with van der Waals surface area (Å²) in [6, 6.07) is 31.2. The maximum absolute atomic E-state index is 12.5. The van der Waals surface area contributed by atoms with Crippen LogP contribution in [-0.2, 0) is 16.3 Å². The van der Waals surface area contributed by atoms with Gasteiger partial charge in [0.1, 0.15) is 11.4 Å². The molecule has 4 aromatic carbocycles. The second-order valence-corrected chi connectivity index (χ2v) is 9.86. The van der Waals surface area contributed by atoms with Gasteiger partial charge in [-0.2, -0.15) is 11.8 Å². The number of hydrogen-bond donors (Lipinski definition) is 2. The third kappa shape index (κ3) is 7.54. The summed E-state index contributed by atoms with van der Waals surface area (Å²) in [5.41, 5.74) is 11.9. The Hall–Kier alpha value is -3.94. The Morgan fingerprint density at radius 2 is 1.39 bits per heavy atom. The molecular weight excluding hydrogens is 494 g/mol. The van der Waals surface area contributed by atoms with E-state index >= 15 is 0 Å². The van der Waals surface area contributed by atoms with Crippen molar-refractivity contribution in [1.29, 1.82) is 0 Å². The van der Waals surface area contributed by atoms with Crippen molar-refractivity contribution in [2.45, 2.75) is 31.3 Å². The number of benzene rings is 4. The number of nitrogens with two attached hydrogens (primary N) is 2. The molecule has 0 aliphatic heterocycles. The molecule has 0 heterocycles. The fourth-order valence-corrected chi connectivity index (χ4v) is 4.73. The fourth-order valence-electron chi connectivity index (χ4n) is 3.77. The number of hydrogen-bond acceptors (Lipinski definition) is 7. The Bertz CT molecular complexity index is 1310. The molecule has 4 rings (SSSR count). The molecule has 0 amide bonds. The molecule has 0 aliphatic rings. The zero-order valence-corrected chi connectivity index (χ0v) is 22.3. The minimum absolute atomic E-state index is 0.417. The van der Waals surface area contributed by atoms with Gasteiger partial charge in [-0.15, -0.1) is 5.17 Å². The molecule has 7 heteroatoms. The van der Waals surface area contributed by atoms with Crippen LogP contribution in [0.15, 0.2) is 97.1 Å². The topological polar surface area (TPSA) is 90.8 Å². The maximum Gasteiger partial charge on any atom is 0.365 e. The number of nitrogens with zero attached hydrogens (tertiary/aromatic N) is 1. The molecule has 0 atom stereocenters. The Morgan fingerprint density at radius 1 is 0.816 bits per heavy atom. The summed E-state index contributed by atoms with van der Waals surface area (Å²) in [6.07, 6.45) is 2.20. The molecule has 0 saturated carbocycles. The van der Waals surface area contributed by atoms with Crippen LogP contribution in [0.2, 0.25) is 0 Å². The van der Waals surface area contributed by atoms with Crippen LogP contribution in [0.25, 0.3) is 11.1 Å². The number of para-hydroxylation sites is 2. The molecule has 0 unspecified atom stereocenters. The van der Waals surface area contributed by atoms with Gasteiger partial charge >= 0.3 is 5.97 Å². The lowest BCUT2D eigenvalue weighted by Gasteiger charge is -2.18. The minimum atomic E-state index is -0.547. The van der Waals surface area contributed by atoms with Crippen LogP contribution in [0.4, 0.5) is 11.4 Å². The van der Waals surface area contributed by atoms with E-state index in [4.69, 9.17) is 21.2 Å². The van der Waals surface area contributed by atoms with E-state index in [9.17, 15) is 4.79 Å². The zero-order chi connectivity index (χ0) is 26.7. The first kappa shape index (κ1) is 27.1. The second kappa shape index (κ2) is 13.6. The molecule has 196 valence electrons. The summed E-state index contributed by atoms with van der Waals surface area (Å²) in [7, 11) is 0. The van der Waals surface area contributed by atoms with E-state index in [2.05, 4.69) is 43.3 Å². The standard InChI is InChI=1S/C31H33N3O3S/c1-2-3-20-36-28-18-16-26(17-19-28)25-12-8-23(9-13-25)21-38-22-24-10-14-27(15-11-24)31(35)37-34(33)30-7-5-4-6-29(30)32/h4-19H,2-3,20-22,32-33H2,1H3. The van der Waals surface area contributed by atoms with Crippen molar-refractivity contribution in [3.05, 3.63) is 114 Å². The third-order valence-electron chi connectivity index (χ3n) is 5.99. The number of carbonyl (C=O) groups excluding carboxylic acids is 1. The number of nitrogen functional groups attached to an aromatic ring is 1. The van der Waals surface area contributed by atoms with E-state index in [1.807, 2.05) is 36.0 Å². The molecule has 0 fully saturated rings.